The van der Waals surface area contributed by atoms with Crippen molar-refractivity contribution in [1.29, 1.82) is 0 Å². The number of phenols is 1. The van der Waals surface area contributed by atoms with Crippen molar-refractivity contribution in [3.63, 3.8) is 0 Å². The molecule has 0 radical (unpaired) electrons. The highest BCUT2D eigenvalue weighted by Gasteiger charge is 2.30. The molecule has 0 aromatic heterocycles. The van der Waals surface area contributed by atoms with Crippen molar-refractivity contribution < 1.29 is 14.6 Å². The summed E-state index contributed by atoms with van der Waals surface area (Å²) in [5.74, 6) is 0.240. The summed E-state index contributed by atoms with van der Waals surface area (Å²) in [5, 5.41) is 21.4. The molecular weight excluding hydrogens is 409 g/mol. The number of rotatable bonds is 5. The molecule has 1 atom stereocenters. The van der Waals surface area contributed by atoms with E-state index in [2.05, 4.69) is 15.5 Å². The monoisotopic (exact) mass is 423 g/mol. The van der Waals surface area contributed by atoms with Crippen molar-refractivity contribution in [1.82, 2.24) is 5.32 Å². The third kappa shape index (κ3) is 4.94. The van der Waals surface area contributed by atoms with Gasteiger partial charge in [0.25, 0.3) is 0 Å². The number of phenolic OH excluding ortho intramolecular Hbond substituents is 1. The molecule has 0 saturated carbocycles. The molecule has 0 spiro atoms. The number of thioether (sulfide) groups is 1. The number of hydrogen-bond donors (Lipinski definition) is 2. The molecule has 140 valence electrons. The van der Waals surface area contributed by atoms with E-state index in [1.807, 2.05) is 6.07 Å². The second-order valence-corrected chi connectivity index (χ2v) is 7.65. The standard InChI is InChI=1S/C18H15Cl2N3O3S/c1-26-15-6-10(2-5-14(15)24)9-21-23-18-22-17(25)16(27-18)7-11-3-4-12(19)8-13(11)20/h2-6,8-9,16,24H,7H2,1H3,(H,22,23,25)/b21-9+. The lowest BCUT2D eigenvalue weighted by atomic mass is 10.1. The van der Waals surface area contributed by atoms with E-state index in [0.29, 0.717) is 32.9 Å². The van der Waals surface area contributed by atoms with Gasteiger partial charge in [-0.2, -0.15) is 5.10 Å². The molecule has 2 N–H and O–H groups in total. The number of nitrogens with zero attached hydrogens (tertiary/aromatic N) is 2. The zero-order valence-electron chi connectivity index (χ0n) is 14.1. The molecule has 0 aliphatic carbocycles. The SMILES string of the molecule is COc1cc(/C=N/N=C2\NC(=O)C(Cc3ccc(Cl)cc3Cl)S2)ccc1O. The maximum absolute atomic E-state index is 12.1. The molecule has 1 aliphatic rings. The molecule has 3 rings (SSSR count). The minimum Gasteiger partial charge on any atom is -0.504 e. The average Bonchev–Trinajstić information content (AvgIpc) is 2.98. The normalized spacial score (nSPS) is 18.3. The minimum absolute atomic E-state index is 0.0447. The van der Waals surface area contributed by atoms with Crippen molar-refractivity contribution in [2.75, 3.05) is 7.11 Å². The molecule has 1 fully saturated rings. The number of aromatic hydroxyl groups is 1. The summed E-state index contributed by atoms with van der Waals surface area (Å²) in [6.45, 7) is 0. The third-order valence-corrected chi connectivity index (χ3v) is 5.42. The topological polar surface area (TPSA) is 83.3 Å². The second kappa shape index (κ2) is 8.65. The Bertz CT molecular complexity index is 934. The maximum atomic E-state index is 12.1. The highest BCUT2D eigenvalue weighted by atomic mass is 35.5. The van der Waals surface area contributed by atoms with Crippen LogP contribution in [0.15, 0.2) is 46.6 Å². The van der Waals surface area contributed by atoms with Gasteiger partial charge in [-0.25, -0.2) is 0 Å². The Morgan fingerprint density at radius 1 is 1.30 bits per heavy atom. The lowest BCUT2D eigenvalue weighted by Crippen LogP contribution is -2.26. The van der Waals surface area contributed by atoms with Crippen LogP contribution in [0.2, 0.25) is 10.0 Å². The molecule has 2 aromatic rings. The fourth-order valence-corrected chi connectivity index (χ4v) is 3.83. The summed E-state index contributed by atoms with van der Waals surface area (Å²) in [7, 11) is 1.47. The molecule has 6 nitrogen and oxygen atoms in total. The third-order valence-electron chi connectivity index (χ3n) is 3.76. The first-order valence-electron chi connectivity index (χ1n) is 7.85. The van der Waals surface area contributed by atoms with Crippen LogP contribution < -0.4 is 10.1 Å². The van der Waals surface area contributed by atoms with Crippen LogP contribution >= 0.6 is 35.0 Å². The van der Waals surface area contributed by atoms with Crippen LogP contribution in [0, 0.1) is 0 Å². The van der Waals surface area contributed by atoms with Crippen molar-refractivity contribution in [3.05, 3.63) is 57.6 Å². The Balaban J connectivity index is 1.66. The van der Waals surface area contributed by atoms with Gasteiger partial charge in [0.1, 0.15) is 0 Å². The van der Waals surface area contributed by atoms with Crippen molar-refractivity contribution in [2.45, 2.75) is 11.7 Å². The first kappa shape index (κ1) is 19.5. The summed E-state index contributed by atoms with van der Waals surface area (Å²) in [5.41, 5.74) is 1.54. The molecule has 2 aromatic carbocycles. The Kier molecular flexibility index (Phi) is 6.26. The Hall–Kier alpha value is -2.22. The van der Waals surface area contributed by atoms with Crippen molar-refractivity contribution in [3.8, 4) is 11.5 Å². The van der Waals surface area contributed by atoms with E-state index in [-0.39, 0.29) is 16.9 Å². The number of nitrogens with one attached hydrogen (secondary N) is 1. The zero-order chi connectivity index (χ0) is 19.4. The predicted molar refractivity (Wildman–Crippen MR) is 109 cm³/mol. The van der Waals surface area contributed by atoms with Crippen LogP contribution in [0.4, 0.5) is 0 Å². The number of carbonyl (C=O) groups excluding carboxylic acids is 1. The Labute approximate surface area is 170 Å². The summed E-state index contributed by atoms with van der Waals surface area (Å²) in [6.07, 6.45) is 1.97. The molecular formula is C18H15Cl2N3O3S. The number of amides is 1. The first-order valence-corrected chi connectivity index (χ1v) is 9.49. The van der Waals surface area contributed by atoms with Crippen molar-refractivity contribution in [2.24, 2.45) is 10.2 Å². The Morgan fingerprint density at radius 2 is 2.11 bits per heavy atom. The summed E-state index contributed by atoms with van der Waals surface area (Å²) in [6, 6.07) is 10.0. The van der Waals surface area contributed by atoms with Gasteiger partial charge in [0.05, 0.1) is 18.6 Å². The second-order valence-electron chi connectivity index (χ2n) is 5.62. The number of ether oxygens (including phenoxy) is 1. The number of carbonyl (C=O) groups is 1. The highest BCUT2D eigenvalue weighted by molar-refractivity contribution is 8.15. The van der Waals surface area contributed by atoms with Crippen LogP contribution in [0.5, 0.6) is 11.5 Å². The number of amidine groups is 1. The number of halogens is 2. The summed E-state index contributed by atoms with van der Waals surface area (Å²) >= 11 is 13.4. The quantitative estimate of drug-likeness (QED) is 0.564. The van der Waals surface area contributed by atoms with Gasteiger partial charge >= 0.3 is 0 Å². The molecule has 1 heterocycles. The zero-order valence-corrected chi connectivity index (χ0v) is 16.5. The van der Waals surface area contributed by atoms with Crippen molar-refractivity contribution >= 4 is 52.3 Å². The lowest BCUT2D eigenvalue weighted by molar-refractivity contribution is -0.118. The van der Waals surface area contributed by atoms with Crippen LogP contribution in [0.1, 0.15) is 11.1 Å². The predicted octanol–water partition coefficient (Wildman–Crippen LogP) is 3.87. The molecule has 9 heteroatoms. The van der Waals surface area contributed by atoms with E-state index >= 15 is 0 Å². The van der Waals surface area contributed by atoms with Gasteiger partial charge in [0.15, 0.2) is 16.7 Å². The van der Waals surface area contributed by atoms with Gasteiger partial charge in [0, 0.05) is 10.0 Å². The molecule has 27 heavy (non-hydrogen) atoms. The van der Waals surface area contributed by atoms with Gasteiger partial charge in [-0.3, -0.25) is 4.79 Å². The largest absolute Gasteiger partial charge is 0.504 e. The van der Waals surface area contributed by atoms with E-state index in [9.17, 15) is 9.90 Å². The highest BCUT2D eigenvalue weighted by Crippen LogP contribution is 2.28. The van der Waals surface area contributed by atoms with E-state index in [1.54, 1.807) is 24.3 Å². The lowest BCUT2D eigenvalue weighted by Gasteiger charge is -2.07. The number of benzene rings is 2. The number of methoxy groups -OCH3 is 1. The molecule has 1 saturated heterocycles. The van der Waals surface area contributed by atoms with Gasteiger partial charge in [-0.1, -0.05) is 41.0 Å². The van der Waals surface area contributed by atoms with E-state index in [0.717, 1.165) is 5.56 Å². The first-order chi connectivity index (χ1) is 13.0. The molecule has 1 unspecified atom stereocenters. The van der Waals surface area contributed by atoms with Gasteiger partial charge in [-0.05, 0) is 47.9 Å². The van der Waals surface area contributed by atoms with Gasteiger partial charge in [-0.15, -0.1) is 5.10 Å². The Morgan fingerprint density at radius 3 is 2.85 bits per heavy atom. The van der Waals surface area contributed by atoms with Gasteiger partial charge < -0.3 is 15.2 Å². The van der Waals surface area contributed by atoms with Crippen LogP contribution in [-0.2, 0) is 11.2 Å². The van der Waals surface area contributed by atoms with E-state index < -0.39 is 0 Å². The van der Waals surface area contributed by atoms with E-state index in [4.69, 9.17) is 27.9 Å². The summed E-state index contributed by atoms with van der Waals surface area (Å²) in [4.78, 5) is 12.1. The average molecular weight is 424 g/mol. The molecule has 1 aliphatic heterocycles. The smallest absolute Gasteiger partial charge is 0.239 e. The summed E-state index contributed by atoms with van der Waals surface area (Å²) < 4.78 is 5.04. The van der Waals surface area contributed by atoms with Gasteiger partial charge in [0.2, 0.25) is 5.91 Å². The minimum atomic E-state index is -0.341. The molecule has 1 amide bonds. The number of hydrogen-bond acceptors (Lipinski definition) is 6. The molecule has 0 bridgehead atoms. The maximum Gasteiger partial charge on any atom is 0.239 e. The van der Waals surface area contributed by atoms with Crippen LogP contribution in [-0.4, -0.2) is 34.8 Å². The van der Waals surface area contributed by atoms with Crippen LogP contribution in [0.3, 0.4) is 0 Å². The fourth-order valence-electron chi connectivity index (χ4n) is 2.40. The fraction of sp³-hybridized carbons (Fsp3) is 0.167. The van der Waals surface area contributed by atoms with E-state index in [1.165, 1.54) is 31.2 Å². The van der Waals surface area contributed by atoms with Crippen LogP contribution in [0.25, 0.3) is 0 Å².